The lowest BCUT2D eigenvalue weighted by atomic mass is 10.1. The van der Waals surface area contributed by atoms with Gasteiger partial charge in [-0.15, -0.1) is 0 Å². The van der Waals surface area contributed by atoms with Gasteiger partial charge in [0.25, 0.3) is 0 Å². The summed E-state index contributed by atoms with van der Waals surface area (Å²) in [6.45, 7) is 4.06. The first-order valence-corrected chi connectivity index (χ1v) is 6.23. The van der Waals surface area contributed by atoms with Crippen molar-refractivity contribution in [3.63, 3.8) is 0 Å². The third-order valence-electron chi connectivity index (χ3n) is 2.78. The second-order valence-corrected chi connectivity index (χ2v) is 4.45. The molecule has 3 heteroatoms. The summed E-state index contributed by atoms with van der Waals surface area (Å²) in [5, 5.41) is 2.97. The molecule has 3 nitrogen and oxygen atoms in total. The van der Waals surface area contributed by atoms with E-state index < -0.39 is 0 Å². The first-order chi connectivity index (χ1) is 8.13. The molecule has 0 fully saturated rings. The molecule has 94 valence electrons. The van der Waals surface area contributed by atoms with E-state index in [9.17, 15) is 4.79 Å². The molecule has 17 heavy (non-hydrogen) atoms. The first kappa shape index (κ1) is 13.7. The van der Waals surface area contributed by atoms with Gasteiger partial charge < -0.3 is 11.1 Å². The minimum Gasteiger partial charge on any atom is -0.350 e. The van der Waals surface area contributed by atoms with E-state index in [0.29, 0.717) is 6.42 Å². The Labute approximate surface area is 103 Å². The Bertz CT molecular complexity index is 337. The predicted molar refractivity (Wildman–Crippen MR) is 70.5 cm³/mol. The van der Waals surface area contributed by atoms with Gasteiger partial charge in [0, 0.05) is 12.5 Å². The van der Waals surface area contributed by atoms with Gasteiger partial charge in [-0.1, -0.05) is 43.7 Å². The average Bonchev–Trinajstić information content (AvgIpc) is 2.30. The van der Waals surface area contributed by atoms with E-state index in [2.05, 4.69) is 12.2 Å². The lowest BCUT2D eigenvalue weighted by Gasteiger charge is -2.16. The molecule has 0 heterocycles. The molecule has 0 aliphatic carbocycles. The topological polar surface area (TPSA) is 55.1 Å². The fraction of sp³-hybridized carbons (Fsp3) is 0.500. The SMILES string of the molecule is CCCC(N)CC(=O)NC(C)c1ccccc1. The zero-order valence-electron chi connectivity index (χ0n) is 10.6. The molecule has 2 unspecified atom stereocenters. The Morgan fingerprint density at radius 3 is 2.59 bits per heavy atom. The monoisotopic (exact) mass is 234 g/mol. The zero-order valence-corrected chi connectivity index (χ0v) is 10.6. The highest BCUT2D eigenvalue weighted by atomic mass is 16.1. The van der Waals surface area contributed by atoms with Crippen molar-refractivity contribution in [2.45, 2.75) is 45.2 Å². The van der Waals surface area contributed by atoms with Gasteiger partial charge in [0.2, 0.25) is 5.91 Å². The largest absolute Gasteiger partial charge is 0.350 e. The normalized spacial score (nSPS) is 14.1. The van der Waals surface area contributed by atoms with Gasteiger partial charge in [-0.3, -0.25) is 4.79 Å². The zero-order chi connectivity index (χ0) is 12.7. The van der Waals surface area contributed by atoms with Gasteiger partial charge in [-0.2, -0.15) is 0 Å². The van der Waals surface area contributed by atoms with Crippen LogP contribution in [0.4, 0.5) is 0 Å². The van der Waals surface area contributed by atoms with Crippen LogP contribution >= 0.6 is 0 Å². The Kier molecular flexibility index (Phi) is 5.70. The number of nitrogens with one attached hydrogen (secondary N) is 1. The van der Waals surface area contributed by atoms with Crippen molar-refractivity contribution in [1.29, 1.82) is 0 Å². The molecule has 1 amide bonds. The number of benzene rings is 1. The molecule has 1 aromatic rings. The predicted octanol–water partition coefficient (Wildman–Crippen LogP) is 2.38. The molecule has 0 radical (unpaired) electrons. The molecular weight excluding hydrogens is 212 g/mol. The minimum atomic E-state index is -0.0250. The molecule has 0 bridgehead atoms. The summed E-state index contributed by atoms with van der Waals surface area (Å²) in [5.41, 5.74) is 6.95. The van der Waals surface area contributed by atoms with Crippen LogP contribution in [0.5, 0.6) is 0 Å². The minimum absolute atomic E-state index is 0.0250. The van der Waals surface area contributed by atoms with E-state index in [1.165, 1.54) is 0 Å². The number of amides is 1. The van der Waals surface area contributed by atoms with E-state index in [0.717, 1.165) is 18.4 Å². The van der Waals surface area contributed by atoms with E-state index in [4.69, 9.17) is 5.73 Å². The summed E-state index contributed by atoms with van der Waals surface area (Å²) in [6.07, 6.45) is 2.32. The van der Waals surface area contributed by atoms with Gasteiger partial charge in [0.05, 0.1) is 6.04 Å². The van der Waals surface area contributed by atoms with Crippen molar-refractivity contribution in [2.75, 3.05) is 0 Å². The standard InChI is InChI=1S/C14H22N2O/c1-3-7-13(15)10-14(17)16-11(2)12-8-5-4-6-9-12/h4-6,8-9,11,13H,3,7,10,15H2,1-2H3,(H,16,17). The second-order valence-electron chi connectivity index (χ2n) is 4.45. The molecule has 0 aliphatic rings. The van der Waals surface area contributed by atoms with E-state index in [1.54, 1.807) is 0 Å². The molecule has 0 aromatic heterocycles. The maximum atomic E-state index is 11.7. The van der Waals surface area contributed by atoms with E-state index >= 15 is 0 Å². The summed E-state index contributed by atoms with van der Waals surface area (Å²) in [5.74, 6) is 0.0299. The number of rotatable bonds is 6. The Morgan fingerprint density at radius 1 is 1.35 bits per heavy atom. The summed E-state index contributed by atoms with van der Waals surface area (Å²) in [4.78, 5) is 11.7. The van der Waals surface area contributed by atoms with Crippen molar-refractivity contribution < 1.29 is 4.79 Å². The summed E-state index contributed by atoms with van der Waals surface area (Å²) >= 11 is 0. The quantitative estimate of drug-likeness (QED) is 0.794. The summed E-state index contributed by atoms with van der Waals surface area (Å²) in [7, 11) is 0. The van der Waals surface area contributed by atoms with Gasteiger partial charge in [0.15, 0.2) is 0 Å². The van der Waals surface area contributed by atoms with Crippen LogP contribution in [-0.4, -0.2) is 11.9 Å². The van der Waals surface area contributed by atoms with Crippen LogP contribution in [0.1, 0.15) is 44.7 Å². The molecule has 0 spiro atoms. The molecule has 2 atom stereocenters. The fourth-order valence-electron chi connectivity index (χ4n) is 1.84. The van der Waals surface area contributed by atoms with Gasteiger partial charge in [0.1, 0.15) is 0 Å². The van der Waals surface area contributed by atoms with Gasteiger partial charge in [-0.05, 0) is 18.9 Å². The number of hydrogen-bond donors (Lipinski definition) is 2. The van der Waals surface area contributed by atoms with Crippen LogP contribution in [-0.2, 0) is 4.79 Å². The Balaban J connectivity index is 2.41. The van der Waals surface area contributed by atoms with Crippen molar-refractivity contribution in [1.82, 2.24) is 5.32 Å². The Hall–Kier alpha value is -1.35. The van der Waals surface area contributed by atoms with Crippen LogP contribution in [0.2, 0.25) is 0 Å². The van der Waals surface area contributed by atoms with Crippen molar-refractivity contribution in [2.24, 2.45) is 5.73 Å². The first-order valence-electron chi connectivity index (χ1n) is 6.23. The van der Waals surface area contributed by atoms with Crippen LogP contribution in [0.3, 0.4) is 0 Å². The summed E-state index contributed by atoms with van der Waals surface area (Å²) < 4.78 is 0. The molecule has 0 saturated heterocycles. The van der Waals surface area contributed by atoms with Crippen LogP contribution in [0.25, 0.3) is 0 Å². The average molecular weight is 234 g/mol. The Morgan fingerprint density at radius 2 is 2.00 bits per heavy atom. The number of nitrogens with two attached hydrogens (primary N) is 1. The van der Waals surface area contributed by atoms with Gasteiger partial charge >= 0.3 is 0 Å². The maximum Gasteiger partial charge on any atom is 0.222 e. The van der Waals surface area contributed by atoms with Crippen molar-refractivity contribution in [3.8, 4) is 0 Å². The second kappa shape index (κ2) is 7.07. The number of hydrogen-bond acceptors (Lipinski definition) is 2. The van der Waals surface area contributed by atoms with Crippen molar-refractivity contribution >= 4 is 5.91 Å². The molecule has 0 aliphatic heterocycles. The highest BCUT2D eigenvalue weighted by Gasteiger charge is 2.12. The van der Waals surface area contributed by atoms with Crippen LogP contribution in [0.15, 0.2) is 30.3 Å². The van der Waals surface area contributed by atoms with Crippen molar-refractivity contribution in [3.05, 3.63) is 35.9 Å². The third-order valence-corrected chi connectivity index (χ3v) is 2.78. The fourth-order valence-corrected chi connectivity index (χ4v) is 1.84. The van der Waals surface area contributed by atoms with Crippen LogP contribution in [0, 0.1) is 0 Å². The highest BCUT2D eigenvalue weighted by molar-refractivity contribution is 5.77. The molecular formula is C14H22N2O. The number of carbonyl (C=O) groups excluding carboxylic acids is 1. The molecule has 3 N–H and O–H groups in total. The van der Waals surface area contributed by atoms with E-state index in [1.807, 2.05) is 37.3 Å². The van der Waals surface area contributed by atoms with E-state index in [-0.39, 0.29) is 18.0 Å². The smallest absolute Gasteiger partial charge is 0.222 e. The highest BCUT2D eigenvalue weighted by Crippen LogP contribution is 2.11. The molecule has 0 saturated carbocycles. The maximum absolute atomic E-state index is 11.7. The number of carbonyl (C=O) groups is 1. The lowest BCUT2D eigenvalue weighted by Crippen LogP contribution is -2.33. The lowest BCUT2D eigenvalue weighted by molar-refractivity contribution is -0.122. The van der Waals surface area contributed by atoms with Gasteiger partial charge in [-0.25, -0.2) is 0 Å². The molecule has 1 rings (SSSR count). The third kappa shape index (κ3) is 5.00. The summed E-state index contributed by atoms with van der Waals surface area (Å²) in [6, 6.07) is 9.95. The van der Waals surface area contributed by atoms with Crippen LogP contribution < -0.4 is 11.1 Å². The molecule has 1 aromatic carbocycles.